The average Bonchev–Trinajstić information content (AvgIpc) is 2.98. The number of rotatable bonds is 5. The van der Waals surface area contributed by atoms with Gasteiger partial charge in [0.1, 0.15) is 0 Å². The van der Waals surface area contributed by atoms with E-state index in [0.717, 1.165) is 25.6 Å². The fourth-order valence-corrected chi connectivity index (χ4v) is 2.86. The van der Waals surface area contributed by atoms with Crippen molar-refractivity contribution in [2.24, 2.45) is 4.99 Å². The van der Waals surface area contributed by atoms with Crippen molar-refractivity contribution in [3.8, 4) is 0 Å². The van der Waals surface area contributed by atoms with Gasteiger partial charge >= 0.3 is 0 Å². The van der Waals surface area contributed by atoms with Gasteiger partial charge < -0.3 is 10.2 Å². The third kappa shape index (κ3) is 3.99. The number of hydrogen-bond donors (Lipinski definition) is 1. The summed E-state index contributed by atoms with van der Waals surface area (Å²) >= 11 is 0. The standard InChI is InChI=1S/C17H27N3/c1-3-4-8-12-19-17(18-2)20-13-11-16(14-20)15-9-6-5-7-10-15/h5-7,9-10,16H,3-4,8,11-14H2,1-2H3,(H,18,19). The van der Waals surface area contributed by atoms with Crippen molar-refractivity contribution in [1.82, 2.24) is 10.2 Å². The van der Waals surface area contributed by atoms with E-state index in [-0.39, 0.29) is 0 Å². The maximum atomic E-state index is 4.43. The van der Waals surface area contributed by atoms with Crippen LogP contribution in [0.4, 0.5) is 0 Å². The largest absolute Gasteiger partial charge is 0.356 e. The number of unbranched alkanes of at least 4 members (excludes halogenated alkanes) is 2. The van der Waals surface area contributed by atoms with Gasteiger partial charge in [0, 0.05) is 32.6 Å². The lowest BCUT2D eigenvalue weighted by atomic mass is 9.99. The number of nitrogens with one attached hydrogen (secondary N) is 1. The molecule has 20 heavy (non-hydrogen) atoms. The van der Waals surface area contributed by atoms with Crippen LogP contribution in [0.1, 0.15) is 44.1 Å². The summed E-state index contributed by atoms with van der Waals surface area (Å²) in [6.45, 7) is 5.46. The van der Waals surface area contributed by atoms with Crippen molar-refractivity contribution in [1.29, 1.82) is 0 Å². The summed E-state index contributed by atoms with van der Waals surface area (Å²) in [5.41, 5.74) is 1.46. The van der Waals surface area contributed by atoms with Crippen LogP contribution in [0.2, 0.25) is 0 Å². The van der Waals surface area contributed by atoms with Crippen LogP contribution < -0.4 is 5.32 Å². The van der Waals surface area contributed by atoms with Crippen LogP contribution in [0.15, 0.2) is 35.3 Å². The number of benzene rings is 1. The normalized spacial score (nSPS) is 19.4. The van der Waals surface area contributed by atoms with Gasteiger partial charge in [-0.25, -0.2) is 0 Å². The summed E-state index contributed by atoms with van der Waals surface area (Å²) in [5.74, 6) is 1.71. The Morgan fingerprint density at radius 1 is 1.30 bits per heavy atom. The maximum absolute atomic E-state index is 4.43. The van der Waals surface area contributed by atoms with Crippen LogP contribution in [-0.2, 0) is 0 Å². The predicted octanol–water partition coefficient (Wildman–Crippen LogP) is 3.24. The fourth-order valence-electron chi connectivity index (χ4n) is 2.86. The molecule has 1 heterocycles. The summed E-state index contributed by atoms with van der Waals surface area (Å²) in [6, 6.07) is 10.8. The van der Waals surface area contributed by atoms with Crippen molar-refractivity contribution in [3.05, 3.63) is 35.9 Å². The second-order valence-electron chi connectivity index (χ2n) is 5.52. The van der Waals surface area contributed by atoms with Crippen LogP contribution in [-0.4, -0.2) is 37.5 Å². The van der Waals surface area contributed by atoms with Gasteiger partial charge in [-0.3, -0.25) is 4.99 Å². The van der Waals surface area contributed by atoms with Crippen LogP contribution in [0.3, 0.4) is 0 Å². The van der Waals surface area contributed by atoms with E-state index in [1.807, 2.05) is 7.05 Å². The monoisotopic (exact) mass is 273 g/mol. The van der Waals surface area contributed by atoms with Crippen LogP contribution in [0, 0.1) is 0 Å². The summed E-state index contributed by atoms with van der Waals surface area (Å²) in [6.07, 6.45) is 5.00. The molecule has 0 spiro atoms. The zero-order valence-corrected chi connectivity index (χ0v) is 12.8. The van der Waals surface area contributed by atoms with E-state index in [0.29, 0.717) is 5.92 Å². The first-order valence-corrected chi connectivity index (χ1v) is 7.85. The van der Waals surface area contributed by atoms with E-state index in [9.17, 15) is 0 Å². The number of guanidine groups is 1. The molecule has 1 N–H and O–H groups in total. The molecule has 0 aliphatic carbocycles. The van der Waals surface area contributed by atoms with Crippen molar-refractivity contribution in [3.63, 3.8) is 0 Å². The molecule has 1 aliphatic heterocycles. The Hall–Kier alpha value is -1.51. The highest BCUT2D eigenvalue weighted by molar-refractivity contribution is 5.80. The summed E-state index contributed by atoms with van der Waals surface area (Å²) < 4.78 is 0. The van der Waals surface area contributed by atoms with Crippen LogP contribution in [0.5, 0.6) is 0 Å². The van der Waals surface area contributed by atoms with Gasteiger partial charge in [0.15, 0.2) is 5.96 Å². The topological polar surface area (TPSA) is 27.6 Å². The van der Waals surface area contributed by atoms with E-state index in [1.54, 1.807) is 0 Å². The van der Waals surface area contributed by atoms with E-state index in [1.165, 1.54) is 31.2 Å². The van der Waals surface area contributed by atoms with E-state index >= 15 is 0 Å². The van der Waals surface area contributed by atoms with Gasteiger partial charge in [0.25, 0.3) is 0 Å². The first-order valence-electron chi connectivity index (χ1n) is 7.85. The lowest BCUT2D eigenvalue weighted by Gasteiger charge is -2.21. The molecule has 3 nitrogen and oxygen atoms in total. The van der Waals surface area contributed by atoms with Gasteiger partial charge in [0.2, 0.25) is 0 Å². The second kappa shape index (κ2) is 7.93. The summed E-state index contributed by atoms with van der Waals surface area (Å²) in [4.78, 5) is 6.82. The highest BCUT2D eigenvalue weighted by atomic mass is 15.3. The highest BCUT2D eigenvalue weighted by Gasteiger charge is 2.25. The lowest BCUT2D eigenvalue weighted by Crippen LogP contribution is -2.40. The molecule has 0 bridgehead atoms. The zero-order chi connectivity index (χ0) is 14.2. The van der Waals surface area contributed by atoms with Crippen molar-refractivity contribution >= 4 is 5.96 Å². The second-order valence-corrected chi connectivity index (χ2v) is 5.52. The highest BCUT2D eigenvalue weighted by Crippen LogP contribution is 2.26. The molecule has 110 valence electrons. The van der Waals surface area contributed by atoms with Crippen LogP contribution >= 0.6 is 0 Å². The molecule has 1 fully saturated rings. The minimum Gasteiger partial charge on any atom is -0.356 e. The molecule has 2 rings (SSSR count). The smallest absolute Gasteiger partial charge is 0.193 e. The fraction of sp³-hybridized carbons (Fsp3) is 0.588. The molecule has 0 amide bonds. The van der Waals surface area contributed by atoms with E-state index < -0.39 is 0 Å². The first-order chi connectivity index (χ1) is 9.85. The molecule has 1 aromatic rings. The Kier molecular flexibility index (Phi) is 5.90. The Bertz CT molecular complexity index is 414. The van der Waals surface area contributed by atoms with Crippen LogP contribution in [0.25, 0.3) is 0 Å². The predicted molar refractivity (Wildman–Crippen MR) is 86.3 cm³/mol. The average molecular weight is 273 g/mol. The molecule has 0 radical (unpaired) electrons. The minimum atomic E-state index is 0.644. The van der Waals surface area contributed by atoms with Crippen molar-refractivity contribution in [2.75, 3.05) is 26.7 Å². The third-order valence-corrected chi connectivity index (χ3v) is 4.03. The van der Waals surface area contributed by atoms with Crippen molar-refractivity contribution < 1.29 is 0 Å². The molecule has 0 aromatic heterocycles. The number of aliphatic imine (C=N–C) groups is 1. The first kappa shape index (κ1) is 14.9. The van der Waals surface area contributed by atoms with Gasteiger partial charge in [0.05, 0.1) is 0 Å². The Morgan fingerprint density at radius 2 is 2.10 bits per heavy atom. The number of nitrogens with zero attached hydrogens (tertiary/aromatic N) is 2. The van der Waals surface area contributed by atoms with E-state index in [4.69, 9.17) is 0 Å². The molecule has 1 saturated heterocycles. The Morgan fingerprint density at radius 3 is 2.80 bits per heavy atom. The molecule has 1 aliphatic rings. The quantitative estimate of drug-likeness (QED) is 0.507. The molecule has 1 aromatic carbocycles. The third-order valence-electron chi connectivity index (χ3n) is 4.03. The lowest BCUT2D eigenvalue weighted by molar-refractivity contribution is 0.483. The van der Waals surface area contributed by atoms with Gasteiger partial charge in [-0.1, -0.05) is 50.1 Å². The molecule has 3 heteroatoms. The molecule has 1 unspecified atom stereocenters. The maximum Gasteiger partial charge on any atom is 0.193 e. The Labute approximate surface area is 123 Å². The SMILES string of the molecule is CCCCCNC(=NC)N1CCC(c2ccccc2)C1. The van der Waals surface area contributed by atoms with Gasteiger partial charge in [-0.15, -0.1) is 0 Å². The minimum absolute atomic E-state index is 0.644. The zero-order valence-electron chi connectivity index (χ0n) is 12.8. The molecular weight excluding hydrogens is 246 g/mol. The van der Waals surface area contributed by atoms with Crippen molar-refractivity contribution in [2.45, 2.75) is 38.5 Å². The molecular formula is C17H27N3. The van der Waals surface area contributed by atoms with Gasteiger partial charge in [-0.05, 0) is 18.4 Å². The van der Waals surface area contributed by atoms with E-state index in [2.05, 4.69) is 52.5 Å². The number of likely N-dealkylation sites (tertiary alicyclic amines) is 1. The molecule has 0 saturated carbocycles. The summed E-state index contributed by atoms with van der Waals surface area (Å²) in [7, 11) is 1.89. The summed E-state index contributed by atoms with van der Waals surface area (Å²) in [5, 5.41) is 3.49. The van der Waals surface area contributed by atoms with Gasteiger partial charge in [-0.2, -0.15) is 0 Å². The molecule has 1 atom stereocenters. The number of hydrogen-bond acceptors (Lipinski definition) is 1. The Balaban J connectivity index is 1.84.